The first-order valence-corrected chi connectivity index (χ1v) is 14.1. The van der Waals surface area contributed by atoms with Crippen molar-refractivity contribution < 1.29 is 42.6 Å². The summed E-state index contributed by atoms with van der Waals surface area (Å²) in [6.45, 7) is 0.399. The van der Waals surface area contributed by atoms with E-state index >= 15 is 4.39 Å². The topological polar surface area (TPSA) is 161 Å². The van der Waals surface area contributed by atoms with Gasteiger partial charge in [0.2, 0.25) is 0 Å². The molecule has 42 heavy (non-hydrogen) atoms. The van der Waals surface area contributed by atoms with Gasteiger partial charge in [-0.15, -0.1) is 16.2 Å². The molecule has 0 radical (unpaired) electrons. The summed E-state index contributed by atoms with van der Waals surface area (Å²) in [5.41, 5.74) is 0.243. The minimum atomic E-state index is -0.941. The van der Waals surface area contributed by atoms with E-state index in [1.165, 1.54) is 17.0 Å². The first-order chi connectivity index (χ1) is 20.2. The number of anilines is 2. The van der Waals surface area contributed by atoms with E-state index in [2.05, 4.69) is 10.5 Å². The number of nitrogens with one attached hydrogen (secondary N) is 1. The Morgan fingerprint density at radius 3 is 2.69 bits per heavy atom. The van der Waals surface area contributed by atoms with Gasteiger partial charge < -0.3 is 24.4 Å². The molecule has 0 aliphatic carbocycles. The quantitative estimate of drug-likeness (QED) is 0.212. The van der Waals surface area contributed by atoms with Crippen LogP contribution in [0.4, 0.5) is 20.6 Å². The van der Waals surface area contributed by atoms with Crippen molar-refractivity contribution in [3.63, 3.8) is 0 Å². The van der Waals surface area contributed by atoms with Crippen molar-refractivity contribution in [2.45, 2.75) is 37.9 Å². The van der Waals surface area contributed by atoms with Crippen molar-refractivity contribution >= 4 is 64.1 Å². The third-order valence-corrected chi connectivity index (χ3v) is 7.62. The van der Waals surface area contributed by atoms with E-state index in [1.54, 1.807) is 12.1 Å². The number of rotatable bonds is 12. The number of nitroso groups, excluding NO2 is 1. The fourth-order valence-electron chi connectivity index (χ4n) is 4.32. The lowest BCUT2D eigenvalue weighted by molar-refractivity contribution is -0.145. The summed E-state index contributed by atoms with van der Waals surface area (Å²) in [5.74, 6) is -3.11. The number of morpholine rings is 1. The molecule has 13 nitrogen and oxygen atoms in total. The zero-order chi connectivity index (χ0) is 30.2. The van der Waals surface area contributed by atoms with Crippen LogP contribution in [0.25, 0.3) is 0 Å². The molecule has 0 spiro atoms. The van der Waals surface area contributed by atoms with Gasteiger partial charge in [0.05, 0.1) is 47.6 Å². The van der Waals surface area contributed by atoms with E-state index < -0.39 is 41.9 Å². The molecule has 16 heteroatoms. The Bertz CT molecular complexity index is 1370. The summed E-state index contributed by atoms with van der Waals surface area (Å²) in [7, 11) is 0. The molecule has 224 valence electrons. The number of benzene rings is 1. The first-order valence-electron chi connectivity index (χ1n) is 12.9. The number of carbonyl (C=O) groups excluding carboxylic acids is 5. The molecule has 4 amide bonds. The molecule has 2 atom stereocenters. The van der Waals surface area contributed by atoms with Gasteiger partial charge in [-0.05, 0) is 43.2 Å². The first kappa shape index (κ1) is 31.0. The summed E-state index contributed by atoms with van der Waals surface area (Å²) in [4.78, 5) is 73.1. The zero-order valence-corrected chi connectivity index (χ0v) is 23.7. The van der Waals surface area contributed by atoms with Crippen molar-refractivity contribution in [2.24, 2.45) is 5.18 Å². The maximum Gasteiger partial charge on any atom is 0.414 e. The van der Waals surface area contributed by atoms with Crippen LogP contribution < -0.4 is 15.1 Å². The van der Waals surface area contributed by atoms with Gasteiger partial charge in [-0.2, -0.15) is 0 Å². The highest BCUT2D eigenvalue weighted by atomic mass is 35.5. The fraction of sp³-hybridized carbons (Fsp3) is 0.423. The van der Waals surface area contributed by atoms with E-state index in [-0.39, 0.29) is 69.4 Å². The lowest BCUT2D eigenvalue weighted by atomic mass is 10.1. The molecule has 1 aromatic heterocycles. The van der Waals surface area contributed by atoms with E-state index in [9.17, 15) is 28.9 Å². The number of thiophene rings is 1. The Balaban J connectivity index is 1.28. The molecule has 2 saturated heterocycles. The second-order valence-electron chi connectivity index (χ2n) is 9.26. The second kappa shape index (κ2) is 14.3. The third-order valence-electron chi connectivity index (χ3n) is 6.39. The SMILES string of the molecule is O=NC(=O)CCC(=O)OCCCC1OCCN(c2ccc(N3C[C@H](CNC(=O)c4ccc(Cl)s4)OC3=O)c(F)c2)C1=O. The molecule has 2 fully saturated rings. The van der Waals surface area contributed by atoms with Crippen LogP contribution in [0, 0.1) is 10.7 Å². The average molecular weight is 625 g/mol. The summed E-state index contributed by atoms with van der Waals surface area (Å²) < 4.78 is 31.5. The molecule has 2 aliphatic rings. The van der Waals surface area contributed by atoms with Crippen LogP contribution in [0.3, 0.4) is 0 Å². The Hall–Kier alpha value is -3.95. The van der Waals surface area contributed by atoms with Crippen molar-refractivity contribution in [3.8, 4) is 0 Å². The van der Waals surface area contributed by atoms with Gasteiger partial charge in [-0.1, -0.05) is 11.6 Å². The van der Waals surface area contributed by atoms with E-state index in [4.69, 9.17) is 25.8 Å². The van der Waals surface area contributed by atoms with Crippen molar-refractivity contribution in [2.75, 3.05) is 42.6 Å². The largest absolute Gasteiger partial charge is 0.466 e. The molecular formula is C26H26ClFN4O9S. The summed E-state index contributed by atoms with van der Waals surface area (Å²) >= 11 is 6.96. The number of amides is 4. The number of hydrogen-bond donors (Lipinski definition) is 1. The maximum absolute atomic E-state index is 15.2. The molecule has 0 saturated carbocycles. The minimum absolute atomic E-state index is 0.00793. The minimum Gasteiger partial charge on any atom is -0.466 e. The molecule has 2 aliphatic heterocycles. The highest BCUT2D eigenvalue weighted by molar-refractivity contribution is 7.18. The van der Waals surface area contributed by atoms with Gasteiger partial charge in [-0.3, -0.25) is 24.1 Å². The Morgan fingerprint density at radius 1 is 1.17 bits per heavy atom. The van der Waals surface area contributed by atoms with Crippen molar-refractivity contribution in [1.82, 2.24) is 5.32 Å². The Kier molecular flexibility index (Phi) is 10.5. The number of esters is 1. The van der Waals surface area contributed by atoms with Crippen LogP contribution >= 0.6 is 22.9 Å². The van der Waals surface area contributed by atoms with Crippen LogP contribution in [0.2, 0.25) is 4.34 Å². The molecule has 4 rings (SSSR count). The van der Waals surface area contributed by atoms with Crippen LogP contribution in [0.1, 0.15) is 35.4 Å². The summed E-state index contributed by atoms with van der Waals surface area (Å²) in [6.07, 6.45) is -2.38. The van der Waals surface area contributed by atoms with Crippen LogP contribution in [0.5, 0.6) is 0 Å². The number of nitrogens with zero attached hydrogens (tertiary/aromatic N) is 3. The molecule has 2 aromatic rings. The molecule has 3 heterocycles. The summed E-state index contributed by atoms with van der Waals surface area (Å²) in [5, 5.41) is 4.87. The molecular weight excluding hydrogens is 599 g/mol. The van der Waals surface area contributed by atoms with Gasteiger partial charge in [0.15, 0.2) is 0 Å². The highest BCUT2D eigenvalue weighted by Crippen LogP contribution is 2.30. The molecule has 1 aromatic carbocycles. The zero-order valence-electron chi connectivity index (χ0n) is 22.1. The van der Waals surface area contributed by atoms with Gasteiger partial charge in [0, 0.05) is 23.8 Å². The Morgan fingerprint density at radius 2 is 1.98 bits per heavy atom. The number of carbonyl (C=O) groups is 5. The highest BCUT2D eigenvalue weighted by Gasteiger charge is 2.35. The normalized spacial score (nSPS) is 18.5. The van der Waals surface area contributed by atoms with Gasteiger partial charge >= 0.3 is 12.1 Å². The van der Waals surface area contributed by atoms with Gasteiger partial charge in [0.1, 0.15) is 18.0 Å². The maximum atomic E-state index is 15.2. The van der Waals surface area contributed by atoms with Gasteiger partial charge in [-0.25, -0.2) is 9.18 Å². The van der Waals surface area contributed by atoms with Crippen LogP contribution in [-0.4, -0.2) is 74.8 Å². The lowest BCUT2D eigenvalue weighted by Crippen LogP contribution is -2.48. The van der Waals surface area contributed by atoms with E-state index in [0.29, 0.717) is 15.6 Å². The number of halogens is 2. The third kappa shape index (κ3) is 7.86. The monoisotopic (exact) mass is 624 g/mol. The van der Waals surface area contributed by atoms with Crippen molar-refractivity contribution in [1.29, 1.82) is 0 Å². The van der Waals surface area contributed by atoms with E-state index in [0.717, 1.165) is 22.3 Å². The number of hydrogen-bond acceptors (Lipinski definition) is 10. The smallest absolute Gasteiger partial charge is 0.414 e. The van der Waals surface area contributed by atoms with Crippen molar-refractivity contribution in [3.05, 3.63) is 50.3 Å². The number of cyclic esters (lactones) is 1. The van der Waals surface area contributed by atoms with E-state index in [1.807, 2.05) is 0 Å². The Labute approximate surface area is 247 Å². The second-order valence-corrected chi connectivity index (χ2v) is 11.0. The van der Waals surface area contributed by atoms with Crippen LogP contribution in [0.15, 0.2) is 35.5 Å². The predicted octanol–water partition coefficient (Wildman–Crippen LogP) is 3.42. The molecule has 1 N–H and O–H groups in total. The van der Waals surface area contributed by atoms with Gasteiger partial charge in [0.25, 0.3) is 17.7 Å². The molecule has 0 bridgehead atoms. The molecule has 1 unspecified atom stereocenters. The lowest BCUT2D eigenvalue weighted by Gasteiger charge is -2.32. The fourth-order valence-corrected chi connectivity index (χ4v) is 5.28. The number of ether oxygens (including phenoxy) is 3. The standard InChI is InChI=1S/C26H26ClFN4O9S/c27-21-6-5-20(42-21)24(35)29-13-16-14-32(26(37)41-16)18-4-3-15(12-17(18)28)31-9-11-39-19(25(31)36)2-1-10-40-23(34)8-7-22(33)30-38/h3-6,12,16,19H,1-2,7-11,13-14H2,(H,29,35)/t16-,19?/m0/s1. The van der Waals surface area contributed by atoms with Crippen LogP contribution in [-0.2, 0) is 28.6 Å². The summed E-state index contributed by atoms with van der Waals surface area (Å²) in [6, 6.07) is 7.22. The average Bonchev–Trinajstić information content (AvgIpc) is 3.58. The predicted molar refractivity (Wildman–Crippen MR) is 148 cm³/mol.